The Morgan fingerprint density at radius 2 is 1.71 bits per heavy atom. The van der Waals surface area contributed by atoms with E-state index in [1.807, 2.05) is 6.07 Å². The number of benzene rings is 1. The van der Waals surface area contributed by atoms with Gasteiger partial charge in [0.2, 0.25) is 5.91 Å². The summed E-state index contributed by atoms with van der Waals surface area (Å²) < 4.78 is 0. The number of carbonyl (C=O) groups is 2. The molecular formula is C17H22N2O2. The lowest BCUT2D eigenvalue weighted by Crippen LogP contribution is -2.47. The largest absolute Gasteiger partial charge is 0.324 e. The maximum Gasteiger partial charge on any atom is 0.324 e. The fourth-order valence-corrected chi connectivity index (χ4v) is 2.92. The Bertz CT molecular complexity index is 503. The molecule has 1 aromatic rings. The summed E-state index contributed by atoms with van der Waals surface area (Å²) in [5.41, 5.74) is 1.37. The van der Waals surface area contributed by atoms with Crippen molar-refractivity contribution >= 4 is 11.9 Å². The minimum Gasteiger partial charge on any atom is -0.324 e. The second kappa shape index (κ2) is 6.29. The molecule has 1 aromatic carbocycles. The van der Waals surface area contributed by atoms with Crippen LogP contribution in [0.3, 0.4) is 0 Å². The Labute approximate surface area is 125 Å². The maximum atomic E-state index is 12.0. The van der Waals surface area contributed by atoms with Crippen LogP contribution in [0.15, 0.2) is 30.3 Å². The van der Waals surface area contributed by atoms with Gasteiger partial charge < -0.3 is 4.90 Å². The third kappa shape index (κ3) is 3.84. The summed E-state index contributed by atoms with van der Waals surface area (Å²) >= 11 is 0. The fourth-order valence-electron chi connectivity index (χ4n) is 2.92. The number of imide groups is 1. The van der Waals surface area contributed by atoms with Gasteiger partial charge in [-0.1, -0.05) is 30.3 Å². The van der Waals surface area contributed by atoms with E-state index in [0.717, 1.165) is 45.2 Å². The van der Waals surface area contributed by atoms with Gasteiger partial charge in [-0.2, -0.15) is 0 Å². The summed E-state index contributed by atoms with van der Waals surface area (Å²) in [6.45, 7) is 1.50. The zero-order valence-electron chi connectivity index (χ0n) is 12.3. The Hall–Kier alpha value is -1.84. The van der Waals surface area contributed by atoms with E-state index < -0.39 is 0 Å². The number of hydrogen-bond acceptors (Lipinski definition) is 2. The van der Waals surface area contributed by atoms with Crippen molar-refractivity contribution in [2.45, 2.75) is 32.1 Å². The standard InChI is InChI=1S/C17H22N2O2/c20-16(15-6-7-15)18-17(21)19-10-8-14(9-11-19)12-13-4-2-1-3-5-13/h1-5,14-15H,6-12H2,(H,18,20,21). The van der Waals surface area contributed by atoms with E-state index in [1.54, 1.807) is 4.90 Å². The molecule has 4 heteroatoms. The number of urea groups is 1. The number of piperidine rings is 1. The summed E-state index contributed by atoms with van der Waals surface area (Å²) in [5.74, 6) is 0.631. The Kier molecular flexibility index (Phi) is 4.23. The average molecular weight is 286 g/mol. The monoisotopic (exact) mass is 286 g/mol. The van der Waals surface area contributed by atoms with Crippen LogP contribution in [-0.4, -0.2) is 29.9 Å². The molecule has 1 N–H and O–H groups in total. The Morgan fingerprint density at radius 3 is 2.33 bits per heavy atom. The summed E-state index contributed by atoms with van der Waals surface area (Å²) in [6.07, 6.45) is 4.97. The third-order valence-electron chi connectivity index (χ3n) is 4.45. The summed E-state index contributed by atoms with van der Waals surface area (Å²) in [5, 5.41) is 2.52. The number of likely N-dealkylation sites (tertiary alicyclic amines) is 1. The molecule has 1 heterocycles. The summed E-state index contributed by atoms with van der Waals surface area (Å²) in [6, 6.07) is 10.3. The van der Waals surface area contributed by atoms with Gasteiger partial charge in [0.1, 0.15) is 0 Å². The van der Waals surface area contributed by atoms with E-state index in [-0.39, 0.29) is 17.9 Å². The summed E-state index contributed by atoms with van der Waals surface area (Å²) in [7, 11) is 0. The van der Waals surface area contributed by atoms with E-state index in [4.69, 9.17) is 0 Å². The van der Waals surface area contributed by atoms with Crippen LogP contribution in [0.1, 0.15) is 31.2 Å². The molecule has 21 heavy (non-hydrogen) atoms. The highest BCUT2D eigenvalue weighted by molar-refractivity contribution is 5.96. The van der Waals surface area contributed by atoms with Crippen LogP contribution in [0.5, 0.6) is 0 Å². The first-order chi connectivity index (χ1) is 10.2. The number of nitrogens with one attached hydrogen (secondary N) is 1. The fraction of sp³-hybridized carbons (Fsp3) is 0.529. The van der Waals surface area contributed by atoms with Crippen LogP contribution in [0.4, 0.5) is 4.79 Å². The molecule has 0 spiro atoms. The van der Waals surface area contributed by atoms with Gasteiger partial charge in [0.15, 0.2) is 0 Å². The van der Waals surface area contributed by atoms with Crippen molar-refractivity contribution in [3.05, 3.63) is 35.9 Å². The van der Waals surface area contributed by atoms with E-state index in [0.29, 0.717) is 5.92 Å². The highest BCUT2D eigenvalue weighted by Gasteiger charge is 2.32. The van der Waals surface area contributed by atoms with Gasteiger partial charge >= 0.3 is 6.03 Å². The van der Waals surface area contributed by atoms with Crippen molar-refractivity contribution in [3.63, 3.8) is 0 Å². The van der Waals surface area contributed by atoms with Gasteiger partial charge in [0.25, 0.3) is 0 Å². The predicted molar refractivity (Wildman–Crippen MR) is 80.7 cm³/mol. The molecule has 2 aliphatic rings. The van der Waals surface area contributed by atoms with Gasteiger partial charge in [-0.3, -0.25) is 10.1 Å². The molecule has 4 nitrogen and oxygen atoms in total. The minimum atomic E-state index is -0.204. The van der Waals surface area contributed by atoms with Gasteiger partial charge in [-0.05, 0) is 43.6 Å². The number of hydrogen-bond donors (Lipinski definition) is 1. The highest BCUT2D eigenvalue weighted by atomic mass is 16.2. The number of carbonyl (C=O) groups excluding carboxylic acids is 2. The molecule has 0 radical (unpaired) electrons. The molecule has 0 aromatic heterocycles. The molecule has 1 aliphatic heterocycles. The quantitative estimate of drug-likeness (QED) is 0.928. The molecule has 1 saturated carbocycles. The molecule has 3 rings (SSSR count). The lowest BCUT2D eigenvalue weighted by Gasteiger charge is -2.31. The molecule has 1 aliphatic carbocycles. The van der Waals surface area contributed by atoms with Gasteiger partial charge in [-0.25, -0.2) is 4.79 Å². The van der Waals surface area contributed by atoms with E-state index in [2.05, 4.69) is 29.6 Å². The number of nitrogens with zero attached hydrogens (tertiary/aromatic N) is 1. The first kappa shape index (κ1) is 14.1. The second-order valence-electron chi connectivity index (χ2n) is 6.19. The minimum absolute atomic E-state index is 0.0876. The normalized spacial score (nSPS) is 19.3. The first-order valence-electron chi connectivity index (χ1n) is 7.86. The van der Waals surface area contributed by atoms with Crippen molar-refractivity contribution in [3.8, 4) is 0 Å². The molecule has 0 bridgehead atoms. The topological polar surface area (TPSA) is 49.4 Å². The molecule has 0 unspecified atom stereocenters. The molecule has 1 saturated heterocycles. The van der Waals surface area contributed by atoms with Crippen LogP contribution in [0.2, 0.25) is 0 Å². The van der Waals surface area contributed by atoms with E-state index in [1.165, 1.54) is 5.56 Å². The van der Waals surface area contributed by atoms with Crippen LogP contribution in [0, 0.1) is 11.8 Å². The van der Waals surface area contributed by atoms with E-state index >= 15 is 0 Å². The third-order valence-corrected chi connectivity index (χ3v) is 4.45. The zero-order valence-corrected chi connectivity index (χ0v) is 12.3. The summed E-state index contributed by atoms with van der Waals surface area (Å²) in [4.78, 5) is 25.4. The SMILES string of the molecule is O=C(NC(=O)N1CCC(Cc2ccccc2)CC1)C1CC1. The van der Waals surface area contributed by atoms with Crippen LogP contribution in [-0.2, 0) is 11.2 Å². The highest BCUT2D eigenvalue weighted by Crippen LogP contribution is 2.29. The van der Waals surface area contributed by atoms with Crippen molar-refractivity contribution in [2.24, 2.45) is 11.8 Å². The van der Waals surface area contributed by atoms with Crippen molar-refractivity contribution in [1.29, 1.82) is 0 Å². The van der Waals surface area contributed by atoms with Gasteiger partial charge in [0.05, 0.1) is 0 Å². The number of amides is 3. The maximum absolute atomic E-state index is 12.0. The predicted octanol–water partition coefficient (Wildman–Crippen LogP) is 2.59. The van der Waals surface area contributed by atoms with Gasteiger partial charge in [-0.15, -0.1) is 0 Å². The lowest BCUT2D eigenvalue weighted by atomic mass is 9.90. The molecular weight excluding hydrogens is 264 g/mol. The second-order valence-corrected chi connectivity index (χ2v) is 6.19. The lowest BCUT2D eigenvalue weighted by molar-refractivity contribution is -0.121. The van der Waals surface area contributed by atoms with Crippen LogP contribution < -0.4 is 5.32 Å². The first-order valence-corrected chi connectivity index (χ1v) is 7.86. The Morgan fingerprint density at radius 1 is 1.05 bits per heavy atom. The van der Waals surface area contributed by atoms with Crippen molar-refractivity contribution < 1.29 is 9.59 Å². The molecule has 3 amide bonds. The smallest absolute Gasteiger partial charge is 0.324 e. The molecule has 0 atom stereocenters. The number of rotatable bonds is 3. The van der Waals surface area contributed by atoms with Gasteiger partial charge in [0, 0.05) is 19.0 Å². The molecule has 2 fully saturated rings. The van der Waals surface area contributed by atoms with Crippen LogP contribution in [0.25, 0.3) is 0 Å². The molecule has 112 valence electrons. The van der Waals surface area contributed by atoms with E-state index in [9.17, 15) is 9.59 Å². The zero-order chi connectivity index (χ0) is 14.7. The van der Waals surface area contributed by atoms with Crippen molar-refractivity contribution in [2.75, 3.05) is 13.1 Å². The van der Waals surface area contributed by atoms with Crippen LogP contribution >= 0.6 is 0 Å². The average Bonchev–Trinajstić information content (AvgIpc) is 3.33. The van der Waals surface area contributed by atoms with Crippen molar-refractivity contribution in [1.82, 2.24) is 10.2 Å². The Balaban J connectivity index is 1.44.